The van der Waals surface area contributed by atoms with Crippen LogP contribution in [0.1, 0.15) is 62.4 Å². The molecule has 1 aliphatic rings. The van der Waals surface area contributed by atoms with Gasteiger partial charge >= 0.3 is 5.97 Å². The van der Waals surface area contributed by atoms with Crippen LogP contribution in [0.2, 0.25) is 0 Å². The molecular formula is C21H31NO5. The molecule has 150 valence electrons. The zero-order chi connectivity index (χ0) is 20.0. The Hall–Kier alpha value is -2.08. The topological polar surface area (TPSA) is 65.1 Å². The summed E-state index contributed by atoms with van der Waals surface area (Å²) >= 11 is 0. The number of anilines is 1. The predicted octanol–water partition coefficient (Wildman–Crippen LogP) is 3.88. The van der Waals surface area contributed by atoms with Crippen LogP contribution in [0.3, 0.4) is 0 Å². The van der Waals surface area contributed by atoms with Gasteiger partial charge in [-0.2, -0.15) is 0 Å². The number of esters is 1. The van der Waals surface area contributed by atoms with Gasteiger partial charge in [-0.25, -0.2) is 4.79 Å². The highest BCUT2D eigenvalue weighted by Crippen LogP contribution is 2.40. The largest absolute Gasteiger partial charge is 0.476 e. The van der Waals surface area contributed by atoms with Gasteiger partial charge in [-0.15, -0.1) is 0 Å². The van der Waals surface area contributed by atoms with Crippen molar-refractivity contribution in [2.45, 2.75) is 59.0 Å². The van der Waals surface area contributed by atoms with E-state index in [4.69, 9.17) is 14.2 Å². The lowest BCUT2D eigenvalue weighted by molar-refractivity contribution is -0.132. The molecule has 0 fully saturated rings. The number of nitrogens with zero attached hydrogens (tertiary/aromatic N) is 1. The molecule has 0 atom stereocenters. The van der Waals surface area contributed by atoms with Gasteiger partial charge < -0.3 is 19.1 Å². The summed E-state index contributed by atoms with van der Waals surface area (Å²) in [6, 6.07) is 3.50. The maximum absolute atomic E-state index is 12.9. The molecule has 0 bridgehead atoms. The van der Waals surface area contributed by atoms with E-state index in [9.17, 15) is 9.59 Å². The van der Waals surface area contributed by atoms with E-state index in [1.54, 1.807) is 30.9 Å². The molecule has 0 unspecified atom stereocenters. The summed E-state index contributed by atoms with van der Waals surface area (Å²) in [5.41, 5.74) is 0.886. The highest BCUT2D eigenvalue weighted by Gasteiger charge is 2.41. The molecule has 0 saturated carbocycles. The minimum atomic E-state index is -0.941. The smallest absolute Gasteiger partial charge is 0.338 e. The second kappa shape index (κ2) is 9.22. The second-order valence-electron chi connectivity index (χ2n) is 7.37. The van der Waals surface area contributed by atoms with Crippen molar-refractivity contribution in [3.05, 3.63) is 23.3 Å². The molecule has 0 radical (unpaired) electrons. The van der Waals surface area contributed by atoms with Gasteiger partial charge in [-0.3, -0.25) is 4.79 Å². The number of carbonyl (C=O) groups is 2. The second-order valence-corrected chi connectivity index (χ2v) is 7.37. The van der Waals surface area contributed by atoms with E-state index in [1.807, 2.05) is 6.92 Å². The fourth-order valence-electron chi connectivity index (χ4n) is 3.09. The summed E-state index contributed by atoms with van der Waals surface area (Å²) in [6.45, 7) is 9.53. The summed E-state index contributed by atoms with van der Waals surface area (Å²) < 4.78 is 16.4. The molecule has 0 saturated heterocycles. The fraction of sp³-hybridized carbons (Fsp3) is 0.619. The minimum absolute atomic E-state index is 0.110. The number of unbranched alkanes of at least 4 members (excludes halogenated alkanes) is 2. The number of rotatable bonds is 9. The van der Waals surface area contributed by atoms with E-state index in [2.05, 4.69) is 6.92 Å². The van der Waals surface area contributed by atoms with Crippen LogP contribution in [0.15, 0.2) is 12.1 Å². The lowest BCUT2D eigenvalue weighted by Gasteiger charge is -2.39. The van der Waals surface area contributed by atoms with Gasteiger partial charge in [0.25, 0.3) is 5.91 Å². The van der Waals surface area contributed by atoms with Gasteiger partial charge in [-0.05, 0) is 57.7 Å². The van der Waals surface area contributed by atoms with Crippen LogP contribution in [0.4, 0.5) is 5.69 Å². The zero-order valence-electron chi connectivity index (χ0n) is 17.1. The van der Waals surface area contributed by atoms with Gasteiger partial charge in [0, 0.05) is 19.8 Å². The summed E-state index contributed by atoms with van der Waals surface area (Å²) in [5.74, 6) is 0.0855. The Balaban J connectivity index is 2.16. The van der Waals surface area contributed by atoms with Gasteiger partial charge in [0.2, 0.25) is 0 Å². The first kappa shape index (κ1) is 21.2. The highest BCUT2D eigenvalue weighted by atomic mass is 16.5. The molecule has 1 aromatic carbocycles. The zero-order valence-corrected chi connectivity index (χ0v) is 17.1. The first-order valence-electron chi connectivity index (χ1n) is 9.63. The van der Waals surface area contributed by atoms with E-state index in [0.717, 1.165) is 37.9 Å². The fourth-order valence-corrected chi connectivity index (χ4v) is 3.09. The van der Waals surface area contributed by atoms with E-state index >= 15 is 0 Å². The number of amides is 1. The minimum Gasteiger partial charge on any atom is -0.476 e. The van der Waals surface area contributed by atoms with Crippen LogP contribution in [0.5, 0.6) is 5.75 Å². The maximum Gasteiger partial charge on any atom is 0.338 e. The molecule has 0 N–H and O–H groups in total. The molecule has 2 rings (SSSR count). The van der Waals surface area contributed by atoms with Crippen molar-refractivity contribution in [3.63, 3.8) is 0 Å². The van der Waals surface area contributed by atoms with E-state index in [-0.39, 0.29) is 5.91 Å². The first-order valence-corrected chi connectivity index (χ1v) is 9.63. The Bertz CT molecular complexity index is 683. The Morgan fingerprint density at radius 2 is 1.89 bits per heavy atom. The lowest BCUT2D eigenvalue weighted by atomic mass is 10.00. The number of methoxy groups -OCH3 is 1. The Kier molecular flexibility index (Phi) is 7.25. The average Bonchev–Trinajstić information content (AvgIpc) is 2.62. The summed E-state index contributed by atoms with van der Waals surface area (Å²) in [5, 5.41) is 0. The summed E-state index contributed by atoms with van der Waals surface area (Å²) in [6.07, 6.45) is 3.88. The molecule has 27 heavy (non-hydrogen) atoms. The third-order valence-corrected chi connectivity index (χ3v) is 4.69. The Morgan fingerprint density at radius 3 is 2.56 bits per heavy atom. The third kappa shape index (κ3) is 5.01. The van der Waals surface area contributed by atoms with Crippen LogP contribution in [-0.2, 0) is 14.3 Å². The summed E-state index contributed by atoms with van der Waals surface area (Å²) in [7, 11) is 1.35. The highest BCUT2D eigenvalue weighted by molar-refractivity contribution is 6.04. The third-order valence-electron chi connectivity index (χ3n) is 4.69. The standard InChI is InChI=1S/C21H31NO5/c1-6-7-11-26-12-9-8-10-22-17-14-16(19(23)25-5)15(2)13-18(17)27-21(3,4)20(22)24/h13-14H,6-12H2,1-5H3. The number of benzene rings is 1. The molecule has 1 aliphatic heterocycles. The van der Waals surface area contributed by atoms with Crippen LogP contribution in [0.25, 0.3) is 0 Å². The monoisotopic (exact) mass is 377 g/mol. The van der Waals surface area contributed by atoms with E-state index in [1.165, 1.54) is 7.11 Å². The van der Waals surface area contributed by atoms with Crippen molar-refractivity contribution in [2.75, 3.05) is 31.8 Å². The number of hydrogen-bond acceptors (Lipinski definition) is 5. The molecule has 0 aromatic heterocycles. The van der Waals surface area contributed by atoms with Gasteiger partial charge in [0.1, 0.15) is 5.75 Å². The van der Waals surface area contributed by atoms with Crippen LogP contribution < -0.4 is 9.64 Å². The van der Waals surface area contributed by atoms with Crippen molar-refractivity contribution >= 4 is 17.6 Å². The molecule has 6 nitrogen and oxygen atoms in total. The van der Waals surface area contributed by atoms with Gasteiger partial charge in [0.05, 0.1) is 18.4 Å². The molecule has 6 heteroatoms. The number of carbonyl (C=O) groups excluding carboxylic acids is 2. The average molecular weight is 377 g/mol. The molecule has 0 aliphatic carbocycles. The SMILES string of the molecule is CCCCOCCCCN1C(=O)C(C)(C)Oc2cc(C)c(C(=O)OC)cc21. The van der Waals surface area contributed by atoms with Crippen LogP contribution in [0, 0.1) is 6.92 Å². The first-order chi connectivity index (χ1) is 12.8. The molecule has 1 amide bonds. The molecule has 1 heterocycles. The quantitative estimate of drug-likeness (QED) is 0.483. The Morgan fingerprint density at radius 1 is 1.19 bits per heavy atom. The predicted molar refractivity (Wildman–Crippen MR) is 105 cm³/mol. The number of fused-ring (bicyclic) bond motifs is 1. The van der Waals surface area contributed by atoms with Crippen molar-refractivity contribution in [2.24, 2.45) is 0 Å². The molecule has 0 spiro atoms. The molecular weight excluding hydrogens is 346 g/mol. The van der Waals surface area contributed by atoms with E-state index in [0.29, 0.717) is 30.2 Å². The van der Waals surface area contributed by atoms with Crippen molar-refractivity contribution in [1.82, 2.24) is 0 Å². The van der Waals surface area contributed by atoms with Crippen molar-refractivity contribution in [1.29, 1.82) is 0 Å². The Labute approximate surface area is 161 Å². The summed E-state index contributed by atoms with van der Waals surface area (Å²) in [4.78, 5) is 26.7. The van der Waals surface area contributed by atoms with Crippen molar-refractivity contribution < 1.29 is 23.8 Å². The van der Waals surface area contributed by atoms with Crippen LogP contribution in [-0.4, -0.2) is 44.3 Å². The van der Waals surface area contributed by atoms with Gasteiger partial charge in [-0.1, -0.05) is 13.3 Å². The number of hydrogen-bond donors (Lipinski definition) is 0. The number of ether oxygens (including phenoxy) is 3. The van der Waals surface area contributed by atoms with Crippen LogP contribution >= 0.6 is 0 Å². The maximum atomic E-state index is 12.9. The van der Waals surface area contributed by atoms with Gasteiger partial charge in [0.15, 0.2) is 5.60 Å². The normalized spacial score (nSPS) is 15.3. The van der Waals surface area contributed by atoms with E-state index < -0.39 is 11.6 Å². The van der Waals surface area contributed by atoms with Crippen molar-refractivity contribution in [3.8, 4) is 5.75 Å². The lowest BCUT2D eigenvalue weighted by Crippen LogP contribution is -2.52. The number of aryl methyl sites for hydroxylation is 1. The molecule has 1 aromatic rings.